The van der Waals surface area contributed by atoms with E-state index in [2.05, 4.69) is 5.32 Å². The summed E-state index contributed by atoms with van der Waals surface area (Å²) < 4.78 is 0. The summed E-state index contributed by atoms with van der Waals surface area (Å²) in [5.74, 6) is -0.723. The summed E-state index contributed by atoms with van der Waals surface area (Å²) in [7, 11) is 0. The minimum Gasteiger partial charge on any atom is -0.480 e. The van der Waals surface area contributed by atoms with Crippen LogP contribution in [-0.4, -0.2) is 17.1 Å². The van der Waals surface area contributed by atoms with Crippen LogP contribution in [0.3, 0.4) is 0 Å². The van der Waals surface area contributed by atoms with Crippen molar-refractivity contribution in [2.24, 2.45) is 0 Å². The van der Waals surface area contributed by atoms with E-state index in [1.165, 1.54) is 17.7 Å². The van der Waals surface area contributed by atoms with Crippen molar-refractivity contribution in [2.45, 2.75) is 31.7 Å². The minimum atomic E-state index is -0.723. The van der Waals surface area contributed by atoms with Gasteiger partial charge in [0.15, 0.2) is 0 Å². The third-order valence-corrected chi connectivity index (χ3v) is 2.43. The van der Waals surface area contributed by atoms with E-state index in [9.17, 15) is 4.79 Å². The van der Waals surface area contributed by atoms with Crippen LogP contribution < -0.4 is 5.32 Å². The van der Waals surface area contributed by atoms with Crippen LogP contribution in [0.25, 0.3) is 0 Å². The highest BCUT2D eigenvalue weighted by molar-refractivity contribution is 5.75. The lowest BCUT2D eigenvalue weighted by molar-refractivity contribution is -0.139. The summed E-state index contributed by atoms with van der Waals surface area (Å²) in [4.78, 5) is 10.5. The maximum atomic E-state index is 10.5. The highest BCUT2D eigenvalue weighted by atomic mass is 16.4. The predicted octanol–water partition coefficient (Wildman–Crippen LogP) is 0.871. The first-order valence-corrected chi connectivity index (χ1v) is 3.97. The molecular formula is C8H11NO2. The molecular weight excluding hydrogens is 142 g/mol. The number of nitrogens with one attached hydrogen (secondary N) is 1. The van der Waals surface area contributed by atoms with Gasteiger partial charge in [0.25, 0.3) is 0 Å². The quantitative estimate of drug-likeness (QED) is 0.587. The van der Waals surface area contributed by atoms with Crippen LogP contribution in [0.1, 0.15) is 25.7 Å². The molecule has 2 rings (SSSR count). The zero-order valence-electron chi connectivity index (χ0n) is 6.26. The van der Waals surface area contributed by atoms with E-state index in [-0.39, 0.29) is 6.04 Å². The second-order valence-corrected chi connectivity index (χ2v) is 3.17. The Balaban J connectivity index is 2.06. The lowest BCUT2D eigenvalue weighted by atomic mass is 10.1. The molecule has 2 aliphatic rings. The van der Waals surface area contributed by atoms with E-state index >= 15 is 0 Å². The third-order valence-electron chi connectivity index (χ3n) is 2.43. The summed E-state index contributed by atoms with van der Waals surface area (Å²) >= 11 is 0. The van der Waals surface area contributed by atoms with Gasteiger partial charge in [-0.15, -0.1) is 0 Å². The van der Waals surface area contributed by atoms with Gasteiger partial charge >= 0.3 is 5.97 Å². The van der Waals surface area contributed by atoms with Crippen LogP contribution in [0.5, 0.6) is 0 Å². The zero-order valence-corrected chi connectivity index (χ0v) is 6.26. The van der Waals surface area contributed by atoms with E-state index in [4.69, 9.17) is 5.11 Å². The first kappa shape index (κ1) is 6.70. The number of carbonyl (C=O) groups is 1. The molecule has 0 radical (unpaired) electrons. The van der Waals surface area contributed by atoms with Crippen molar-refractivity contribution in [2.75, 3.05) is 0 Å². The Bertz CT molecular complexity index is 216. The number of carboxylic acid groups (broad SMARTS) is 1. The molecule has 0 fully saturated rings. The van der Waals surface area contributed by atoms with E-state index in [1.54, 1.807) is 0 Å². The van der Waals surface area contributed by atoms with E-state index < -0.39 is 5.97 Å². The van der Waals surface area contributed by atoms with E-state index in [0.717, 1.165) is 19.3 Å². The van der Waals surface area contributed by atoms with Crippen molar-refractivity contribution >= 4 is 5.97 Å². The molecule has 3 heteroatoms. The van der Waals surface area contributed by atoms with Crippen LogP contribution in [-0.2, 0) is 4.79 Å². The molecule has 60 valence electrons. The summed E-state index contributed by atoms with van der Waals surface area (Å²) in [5.41, 5.74) is 2.55. The molecule has 0 saturated carbocycles. The monoisotopic (exact) mass is 153 g/mol. The van der Waals surface area contributed by atoms with Gasteiger partial charge in [0.05, 0.1) is 0 Å². The molecule has 0 amide bonds. The van der Waals surface area contributed by atoms with E-state index in [1.807, 2.05) is 0 Å². The number of aliphatic carboxylic acids is 1. The number of hydrogen-bond donors (Lipinski definition) is 2. The van der Waals surface area contributed by atoms with Gasteiger partial charge in [-0.3, -0.25) is 0 Å². The molecule has 0 saturated heterocycles. The lowest BCUT2D eigenvalue weighted by Gasteiger charge is -2.07. The highest BCUT2D eigenvalue weighted by Gasteiger charge is 2.30. The normalized spacial score (nSPS) is 28.5. The van der Waals surface area contributed by atoms with Gasteiger partial charge in [-0.2, -0.15) is 0 Å². The Kier molecular flexibility index (Phi) is 1.37. The average Bonchev–Trinajstić information content (AvgIpc) is 2.40. The number of allylic oxidation sites excluding steroid dienone is 1. The van der Waals surface area contributed by atoms with Crippen molar-refractivity contribution in [1.29, 1.82) is 0 Å². The second-order valence-electron chi connectivity index (χ2n) is 3.17. The smallest absolute Gasteiger partial charge is 0.326 e. The topological polar surface area (TPSA) is 49.3 Å². The van der Waals surface area contributed by atoms with Crippen LogP contribution in [0.2, 0.25) is 0 Å². The standard InChI is InChI=1S/C8H11NO2/c10-8(11)7-4-5-2-1-3-6(5)9-7/h7,9H,1-4H2,(H,10,11)/t7-/m0/s1. The van der Waals surface area contributed by atoms with E-state index in [0.29, 0.717) is 0 Å². The fourth-order valence-corrected chi connectivity index (χ4v) is 1.86. The van der Waals surface area contributed by atoms with Crippen LogP contribution in [0.15, 0.2) is 11.3 Å². The third kappa shape index (κ3) is 1.00. The van der Waals surface area contributed by atoms with Gasteiger partial charge < -0.3 is 10.4 Å². The molecule has 0 unspecified atom stereocenters. The molecule has 1 atom stereocenters. The van der Waals surface area contributed by atoms with Gasteiger partial charge in [-0.1, -0.05) is 0 Å². The minimum absolute atomic E-state index is 0.333. The number of carboxylic acids is 1. The Morgan fingerprint density at radius 1 is 1.55 bits per heavy atom. The summed E-state index contributed by atoms with van der Waals surface area (Å²) in [6.45, 7) is 0. The van der Waals surface area contributed by atoms with Gasteiger partial charge in [0.1, 0.15) is 6.04 Å². The first-order chi connectivity index (χ1) is 5.27. The van der Waals surface area contributed by atoms with Crippen molar-refractivity contribution in [3.63, 3.8) is 0 Å². The van der Waals surface area contributed by atoms with Crippen LogP contribution in [0.4, 0.5) is 0 Å². The summed E-state index contributed by atoms with van der Waals surface area (Å²) in [6, 6.07) is -0.333. The molecule has 0 aromatic carbocycles. The first-order valence-electron chi connectivity index (χ1n) is 3.97. The Labute approximate surface area is 65.1 Å². The fraction of sp³-hybridized carbons (Fsp3) is 0.625. The van der Waals surface area contributed by atoms with Crippen LogP contribution in [0, 0.1) is 0 Å². The Morgan fingerprint density at radius 2 is 2.36 bits per heavy atom. The molecule has 0 bridgehead atoms. The molecule has 0 aromatic heterocycles. The Hall–Kier alpha value is -0.990. The van der Waals surface area contributed by atoms with Gasteiger partial charge in [-0.25, -0.2) is 4.79 Å². The van der Waals surface area contributed by atoms with Crippen molar-refractivity contribution in [1.82, 2.24) is 5.32 Å². The van der Waals surface area contributed by atoms with Crippen molar-refractivity contribution in [3.8, 4) is 0 Å². The van der Waals surface area contributed by atoms with Crippen molar-refractivity contribution < 1.29 is 9.90 Å². The average molecular weight is 153 g/mol. The molecule has 1 aliphatic heterocycles. The fourth-order valence-electron chi connectivity index (χ4n) is 1.86. The van der Waals surface area contributed by atoms with Gasteiger partial charge in [-0.05, 0) is 24.8 Å². The SMILES string of the molecule is O=C(O)[C@@H]1CC2=C(CCC2)N1. The van der Waals surface area contributed by atoms with Crippen LogP contribution >= 0.6 is 0 Å². The second kappa shape index (κ2) is 2.26. The molecule has 11 heavy (non-hydrogen) atoms. The molecule has 2 N–H and O–H groups in total. The van der Waals surface area contributed by atoms with Gasteiger partial charge in [0.2, 0.25) is 0 Å². The Morgan fingerprint density at radius 3 is 3.00 bits per heavy atom. The molecule has 3 nitrogen and oxygen atoms in total. The maximum absolute atomic E-state index is 10.5. The number of rotatable bonds is 1. The zero-order chi connectivity index (χ0) is 7.84. The lowest BCUT2D eigenvalue weighted by Crippen LogP contribution is -2.31. The van der Waals surface area contributed by atoms with Gasteiger partial charge in [0, 0.05) is 12.1 Å². The molecule has 1 aliphatic carbocycles. The molecule has 1 heterocycles. The summed E-state index contributed by atoms with van der Waals surface area (Å²) in [6.07, 6.45) is 4.08. The predicted molar refractivity (Wildman–Crippen MR) is 40.1 cm³/mol. The van der Waals surface area contributed by atoms with Crippen molar-refractivity contribution in [3.05, 3.63) is 11.3 Å². The molecule has 0 spiro atoms. The molecule has 0 aromatic rings. The summed E-state index contributed by atoms with van der Waals surface area (Å²) in [5, 5.41) is 11.7. The highest BCUT2D eigenvalue weighted by Crippen LogP contribution is 2.32. The number of hydrogen-bond acceptors (Lipinski definition) is 2. The maximum Gasteiger partial charge on any atom is 0.326 e. The largest absolute Gasteiger partial charge is 0.480 e.